The first-order valence-electron chi connectivity index (χ1n) is 6.71. The largest absolute Gasteiger partial charge is 0.469 e. The van der Waals surface area contributed by atoms with Crippen molar-refractivity contribution in [3.63, 3.8) is 0 Å². The first-order valence-corrected chi connectivity index (χ1v) is 8.27. The predicted molar refractivity (Wildman–Crippen MR) is 81.1 cm³/mol. The van der Waals surface area contributed by atoms with Crippen molar-refractivity contribution in [1.29, 1.82) is 0 Å². The summed E-state index contributed by atoms with van der Waals surface area (Å²) in [6, 6.07) is 3.62. The number of aryl methyl sites for hydroxylation is 1. The molecule has 0 N–H and O–H groups in total. The first kappa shape index (κ1) is 16.4. The number of rotatable bonds is 8. The van der Waals surface area contributed by atoms with Crippen LogP contribution in [0.1, 0.15) is 17.0 Å². The average Bonchev–Trinajstić information content (AvgIpc) is 3.05. The Kier molecular flexibility index (Phi) is 5.15. The van der Waals surface area contributed by atoms with Crippen LogP contribution in [-0.2, 0) is 23.3 Å². The van der Waals surface area contributed by atoms with Crippen LogP contribution in [0.25, 0.3) is 6.20 Å². The molecule has 120 valence electrons. The van der Waals surface area contributed by atoms with Crippen molar-refractivity contribution in [1.82, 2.24) is 14.7 Å². The standard InChI is InChI=1S/C14H18FN3O3S/c1-3-18-14(4-6-16-18)11-17(7-9-22(15,19)20)10-13-5-8-21-12(13)2/h3-6,8H,1,7,9-11H2,2H3. The summed E-state index contributed by atoms with van der Waals surface area (Å²) in [4.78, 5) is 1.83. The molecule has 0 aliphatic carbocycles. The van der Waals surface area contributed by atoms with Gasteiger partial charge in [0.25, 0.3) is 0 Å². The van der Waals surface area contributed by atoms with Crippen molar-refractivity contribution in [2.45, 2.75) is 20.0 Å². The molecule has 0 radical (unpaired) electrons. The molecule has 6 nitrogen and oxygen atoms in total. The van der Waals surface area contributed by atoms with Gasteiger partial charge in [-0.1, -0.05) is 6.58 Å². The SMILES string of the molecule is C=Cn1nccc1CN(CCS(=O)(=O)F)Cc1ccoc1C. The Hall–Kier alpha value is -1.93. The summed E-state index contributed by atoms with van der Waals surface area (Å²) in [6.07, 6.45) is 4.76. The van der Waals surface area contributed by atoms with Gasteiger partial charge in [-0.25, -0.2) is 4.68 Å². The van der Waals surface area contributed by atoms with Crippen LogP contribution >= 0.6 is 0 Å². The fraction of sp³-hybridized carbons (Fsp3) is 0.357. The molecule has 0 aromatic carbocycles. The summed E-state index contributed by atoms with van der Waals surface area (Å²) in [6.45, 7) is 6.44. The highest BCUT2D eigenvalue weighted by Crippen LogP contribution is 2.15. The normalized spacial score (nSPS) is 12.0. The lowest BCUT2D eigenvalue weighted by Gasteiger charge is -2.21. The van der Waals surface area contributed by atoms with E-state index in [2.05, 4.69) is 11.7 Å². The van der Waals surface area contributed by atoms with E-state index in [0.29, 0.717) is 13.1 Å². The smallest absolute Gasteiger partial charge is 0.303 e. The van der Waals surface area contributed by atoms with E-state index in [1.54, 1.807) is 29.4 Å². The van der Waals surface area contributed by atoms with Crippen molar-refractivity contribution in [3.8, 4) is 0 Å². The highest BCUT2D eigenvalue weighted by atomic mass is 32.3. The topological polar surface area (TPSA) is 68.3 Å². The number of furan rings is 1. The van der Waals surface area contributed by atoms with Crippen LogP contribution in [0.15, 0.2) is 35.6 Å². The van der Waals surface area contributed by atoms with Gasteiger partial charge in [-0.3, -0.25) is 4.90 Å². The predicted octanol–water partition coefficient (Wildman–Crippen LogP) is 2.19. The zero-order valence-electron chi connectivity index (χ0n) is 12.3. The number of halogens is 1. The Morgan fingerprint density at radius 3 is 2.82 bits per heavy atom. The van der Waals surface area contributed by atoms with E-state index in [1.807, 2.05) is 17.9 Å². The van der Waals surface area contributed by atoms with Gasteiger partial charge in [-0.05, 0) is 19.1 Å². The minimum Gasteiger partial charge on any atom is -0.469 e. The third-order valence-electron chi connectivity index (χ3n) is 3.32. The number of hydrogen-bond donors (Lipinski definition) is 0. The fourth-order valence-electron chi connectivity index (χ4n) is 2.13. The number of nitrogens with zero attached hydrogens (tertiary/aromatic N) is 3. The second kappa shape index (κ2) is 6.89. The molecule has 0 bridgehead atoms. The molecule has 2 rings (SSSR count). The molecular weight excluding hydrogens is 309 g/mol. The molecule has 0 aliphatic heterocycles. The maximum Gasteiger partial charge on any atom is 0.303 e. The van der Waals surface area contributed by atoms with Crippen molar-refractivity contribution in [2.75, 3.05) is 12.3 Å². The molecule has 0 saturated carbocycles. The summed E-state index contributed by atoms with van der Waals surface area (Å²) in [7, 11) is -4.51. The van der Waals surface area contributed by atoms with E-state index < -0.39 is 16.0 Å². The van der Waals surface area contributed by atoms with Gasteiger partial charge in [0.1, 0.15) is 5.76 Å². The molecular formula is C14H18FN3O3S. The Labute approximate surface area is 129 Å². The number of hydrogen-bond acceptors (Lipinski definition) is 5. The van der Waals surface area contributed by atoms with Crippen LogP contribution in [0, 0.1) is 6.92 Å². The van der Waals surface area contributed by atoms with Gasteiger partial charge in [-0.2, -0.15) is 13.5 Å². The van der Waals surface area contributed by atoms with Crippen LogP contribution in [0.2, 0.25) is 0 Å². The zero-order chi connectivity index (χ0) is 16.2. The van der Waals surface area contributed by atoms with Gasteiger partial charge in [0, 0.05) is 37.6 Å². The maximum atomic E-state index is 12.8. The van der Waals surface area contributed by atoms with Gasteiger partial charge in [-0.15, -0.1) is 3.89 Å². The molecule has 22 heavy (non-hydrogen) atoms. The highest BCUT2D eigenvalue weighted by molar-refractivity contribution is 7.86. The van der Waals surface area contributed by atoms with Gasteiger partial charge < -0.3 is 4.42 Å². The molecule has 0 amide bonds. The third-order valence-corrected chi connectivity index (χ3v) is 3.99. The lowest BCUT2D eigenvalue weighted by molar-refractivity contribution is 0.264. The Morgan fingerprint density at radius 1 is 1.45 bits per heavy atom. The summed E-state index contributed by atoms with van der Waals surface area (Å²) in [5.41, 5.74) is 1.77. The summed E-state index contributed by atoms with van der Waals surface area (Å²) >= 11 is 0. The monoisotopic (exact) mass is 327 g/mol. The molecule has 2 aromatic rings. The maximum absolute atomic E-state index is 12.8. The van der Waals surface area contributed by atoms with Crippen molar-refractivity contribution >= 4 is 16.4 Å². The van der Waals surface area contributed by atoms with Crippen LogP contribution in [0.4, 0.5) is 3.89 Å². The fourth-order valence-corrected chi connectivity index (χ4v) is 2.60. The molecule has 0 spiro atoms. The molecule has 2 heterocycles. The zero-order valence-corrected chi connectivity index (χ0v) is 13.1. The molecule has 0 unspecified atom stereocenters. The Bertz CT molecular complexity index is 736. The number of aromatic nitrogens is 2. The van der Waals surface area contributed by atoms with E-state index in [0.717, 1.165) is 17.0 Å². The van der Waals surface area contributed by atoms with Gasteiger partial charge in [0.05, 0.1) is 17.7 Å². The summed E-state index contributed by atoms with van der Waals surface area (Å²) in [5, 5.41) is 4.07. The second-order valence-corrected chi connectivity index (χ2v) is 6.39. The minimum atomic E-state index is -4.51. The lowest BCUT2D eigenvalue weighted by Crippen LogP contribution is -2.28. The molecule has 2 aromatic heterocycles. The van der Waals surface area contributed by atoms with E-state index >= 15 is 0 Å². The van der Waals surface area contributed by atoms with E-state index in [-0.39, 0.29) is 6.54 Å². The van der Waals surface area contributed by atoms with Crippen LogP contribution in [0.3, 0.4) is 0 Å². The van der Waals surface area contributed by atoms with Crippen LogP contribution < -0.4 is 0 Å². The van der Waals surface area contributed by atoms with Gasteiger partial charge in [0.15, 0.2) is 0 Å². The average molecular weight is 327 g/mol. The van der Waals surface area contributed by atoms with Gasteiger partial charge >= 0.3 is 10.2 Å². The Balaban J connectivity index is 2.13. The summed E-state index contributed by atoms with van der Waals surface area (Å²) in [5.74, 6) is 0.205. The van der Waals surface area contributed by atoms with Crippen molar-refractivity contribution < 1.29 is 16.7 Å². The lowest BCUT2D eigenvalue weighted by atomic mass is 10.2. The molecule has 0 fully saturated rings. The van der Waals surface area contributed by atoms with Crippen molar-refractivity contribution in [3.05, 3.63) is 48.2 Å². The van der Waals surface area contributed by atoms with Crippen LogP contribution in [-0.4, -0.2) is 35.4 Å². The Morgan fingerprint density at radius 2 is 2.23 bits per heavy atom. The summed E-state index contributed by atoms with van der Waals surface area (Å²) < 4.78 is 41.2. The third kappa shape index (κ3) is 4.54. The highest BCUT2D eigenvalue weighted by Gasteiger charge is 2.16. The van der Waals surface area contributed by atoms with Crippen LogP contribution in [0.5, 0.6) is 0 Å². The second-order valence-electron chi connectivity index (χ2n) is 4.91. The van der Waals surface area contributed by atoms with E-state index in [1.165, 1.54) is 0 Å². The molecule has 0 atom stereocenters. The molecule has 0 saturated heterocycles. The quantitative estimate of drug-likeness (QED) is 0.695. The minimum absolute atomic E-state index is 0.0752. The van der Waals surface area contributed by atoms with Crippen molar-refractivity contribution in [2.24, 2.45) is 0 Å². The first-order chi connectivity index (χ1) is 10.4. The van der Waals surface area contributed by atoms with E-state index in [9.17, 15) is 12.3 Å². The van der Waals surface area contributed by atoms with E-state index in [4.69, 9.17) is 4.42 Å². The molecule has 8 heteroatoms. The van der Waals surface area contributed by atoms with Gasteiger partial charge in [0.2, 0.25) is 0 Å². The molecule has 0 aliphatic rings.